The van der Waals surface area contributed by atoms with Crippen LogP contribution in [0.15, 0.2) is 12.3 Å². The molecule has 1 rings (SSSR count). The lowest BCUT2D eigenvalue weighted by atomic mass is 9.94. The molecule has 0 spiro atoms. The van der Waals surface area contributed by atoms with Gasteiger partial charge in [-0.2, -0.15) is 5.10 Å². The van der Waals surface area contributed by atoms with Gasteiger partial charge in [0.2, 0.25) is 0 Å². The summed E-state index contributed by atoms with van der Waals surface area (Å²) < 4.78 is 1.95. The second kappa shape index (κ2) is 6.34. The summed E-state index contributed by atoms with van der Waals surface area (Å²) in [6, 6.07) is 2.41. The number of aliphatic hydroxyl groups is 1. The molecule has 1 aromatic heterocycles. The molecule has 0 aliphatic heterocycles. The Bertz CT molecular complexity index is 356. The first-order valence-electron chi connectivity index (χ1n) is 6.77. The highest BCUT2D eigenvalue weighted by atomic mass is 16.3. The molecule has 0 amide bonds. The summed E-state index contributed by atoms with van der Waals surface area (Å²) in [7, 11) is 0. The van der Waals surface area contributed by atoms with E-state index in [1.165, 1.54) is 0 Å². The zero-order chi connectivity index (χ0) is 13.8. The highest BCUT2D eigenvalue weighted by molar-refractivity contribution is 4.99. The van der Waals surface area contributed by atoms with E-state index >= 15 is 0 Å². The van der Waals surface area contributed by atoms with Crippen molar-refractivity contribution >= 4 is 0 Å². The van der Waals surface area contributed by atoms with Crippen molar-refractivity contribution in [3.8, 4) is 0 Å². The zero-order valence-electron chi connectivity index (χ0n) is 12.3. The molecule has 1 atom stereocenters. The highest BCUT2D eigenvalue weighted by Gasteiger charge is 2.21. The molecule has 4 nitrogen and oxygen atoms in total. The minimum Gasteiger partial charge on any atom is -0.389 e. The molecule has 1 heterocycles. The third-order valence-electron chi connectivity index (χ3n) is 2.85. The van der Waals surface area contributed by atoms with Crippen molar-refractivity contribution in [3.63, 3.8) is 0 Å². The third-order valence-corrected chi connectivity index (χ3v) is 2.85. The first-order valence-corrected chi connectivity index (χ1v) is 6.77. The van der Waals surface area contributed by atoms with Crippen LogP contribution >= 0.6 is 0 Å². The largest absolute Gasteiger partial charge is 0.389 e. The van der Waals surface area contributed by atoms with E-state index in [9.17, 15) is 5.11 Å². The monoisotopic (exact) mass is 253 g/mol. The van der Waals surface area contributed by atoms with E-state index in [0.717, 1.165) is 12.1 Å². The van der Waals surface area contributed by atoms with E-state index < -0.39 is 5.60 Å². The molecule has 1 unspecified atom stereocenters. The summed E-state index contributed by atoms with van der Waals surface area (Å²) in [5.41, 5.74) is 0.374. The molecule has 4 heteroatoms. The number of rotatable bonds is 7. The van der Waals surface area contributed by atoms with Gasteiger partial charge in [-0.25, -0.2) is 0 Å². The average Bonchev–Trinajstić information content (AvgIpc) is 2.63. The van der Waals surface area contributed by atoms with Crippen molar-refractivity contribution < 1.29 is 5.11 Å². The second-order valence-corrected chi connectivity index (χ2v) is 6.08. The van der Waals surface area contributed by atoms with Crippen molar-refractivity contribution in [1.29, 1.82) is 0 Å². The molecule has 0 bridgehead atoms. The fourth-order valence-corrected chi connectivity index (χ4v) is 2.17. The predicted molar refractivity (Wildman–Crippen MR) is 74.4 cm³/mol. The van der Waals surface area contributed by atoms with E-state index in [1.807, 2.05) is 23.9 Å². The number of nitrogens with one attached hydrogen (secondary N) is 1. The molecule has 1 aromatic rings. The normalized spacial score (nSPS) is 15.3. The molecule has 0 saturated carbocycles. The van der Waals surface area contributed by atoms with Crippen LogP contribution in [0.25, 0.3) is 0 Å². The molecule has 0 aromatic carbocycles. The summed E-state index contributed by atoms with van der Waals surface area (Å²) in [5, 5.41) is 17.9. The summed E-state index contributed by atoms with van der Waals surface area (Å²) in [5.74, 6) is 0.502. The molecule has 0 aliphatic rings. The molecular formula is C14H27N3O. The predicted octanol–water partition coefficient (Wildman–Crippen LogP) is 2.35. The highest BCUT2D eigenvalue weighted by Crippen LogP contribution is 2.15. The van der Waals surface area contributed by atoms with Crippen molar-refractivity contribution in [3.05, 3.63) is 18.0 Å². The number of hydrogen-bond donors (Lipinski definition) is 2. The van der Waals surface area contributed by atoms with E-state index in [2.05, 4.69) is 38.1 Å². The Kier molecular flexibility index (Phi) is 5.35. The standard InChI is InChI=1S/C14H27N3O/c1-11(2)8-14(5,18)10-15-9-13-6-7-17(16-13)12(3)4/h6-7,11-12,15,18H,8-10H2,1-5H3. The van der Waals surface area contributed by atoms with Gasteiger partial charge < -0.3 is 10.4 Å². The molecule has 0 aliphatic carbocycles. The second-order valence-electron chi connectivity index (χ2n) is 6.08. The third kappa shape index (κ3) is 5.19. The average molecular weight is 253 g/mol. The molecule has 0 saturated heterocycles. The van der Waals surface area contributed by atoms with Crippen LogP contribution in [-0.2, 0) is 6.54 Å². The van der Waals surface area contributed by atoms with Crippen molar-refractivity contribution in [2.75, 3.05) is 6.54 Å². The van der Waals surface area contributed by atoms with Gasteiger partial charge in [-0.05, 0) is 39.2 Å². The van der Waals surface area contributed by atoms with Gasteiger partial charge in [-0.1, -0.05) is 13.8 Å². The minimum absolute atomic E-state index is 0.391. The van der Waals surface area contributed by atoms with Gasteiger partial charge in [-0.3, -0.25) is 4.68 Å². The summed E-state index contributed by atoms with van der Waals surface area (Å²) in [4.78, 5) is 0. The van der Waals surface area contributed by atoms with Gasteiger partial charge in [-0.15, -0.1) is 0 Å². The molecule has 0 radical (unpaired) electrons. The van der Waals surface area contributed by atoms with Gasteiger partial charge in [0.15, 0.2) is 0 Å². The summed E-state index contributed by atoms with van der Waals surface area (Å²) in [6.07, 6.45) is 2.80. The minimum atomic E-state index is -0.644. The molecular weight excluding hydrogens is 226 g/mol. The Morgan fingerprint density at radius 2 is 2.06 bits per heavy atom. The van der Waals surface area contributed by atoms with Crippen LogP contribution in [0.3, 0.4) is 0 Å². The van der Waals surface area contributed by atoms with Crippen LogP contribution in [0.4, 0.5) is 0 Å². The number of aromatic nitrogens is 2. The zero-order valence-corrected chi connectivity index (χ0v) is 12.3. The fraction of sp³-hybridized carbons (Fsp3) is 0.786. The molecule has 2 N–H and O–H groups in total. The van der Waals surface area contributed by atoms with Crippen molar-refractivity contribution in [1.82, 2.24) is 15.1 Å². The van der Waals surface area contributed by atoms with Gasteiger partial charge in [0, 0.05) is 25.3 Å². The fourth-order valence-electron chi connectivity index (χ4n) is 2.17. The van der Waals surface area contributed by atoms with Crippen LogP contribution in [0.1, 0.15) is 52.8 Å². The molecule has 104 valence electrons. The van der Waals surface area contributed by atoms with E-state index in [-0.39, 0.29) is 0 Å². The maximum absolute atomic E-state index is 10.2. The topological polar surface area (TPSA) is 50.1 Å². The SMILES string of the molecule is CC(C)CC(C)(O)CNCc1ccn(C(C)C)n1. The van der Waals surface area contributed by atoms with Crippen LogP contribution in [-0.4, -0.2) is 27.0 Å². The van der Waals surface area contributed by atoms with E-state index in [1.54, 1.807) is 0 Å². The Morgan fingerprint density at radius 3 is 2.56 bits per heavy atom. The van der Waals surface area contributed by atoms with Crippen LogP contribution in [0, 0.1) is 5.92 Å². The Morgan fingerprint density at radius 1 is 1.39 bits per heavy atom. The molecule has 0 fully saturated rings. The first kappa shape index (κ1) is 15.2. The van der Waals surface area contributed by atoms with Gasteiger partial charge in [0.1, 0.15) is 0 Å². The Labute approximate surface area is 110 Å². The smallest absolute Gasteiger partial charge is 0.0762 e. The first-order chi connectivity index (χ1) is 8.30. The van der Waals surface area contributed by atoms with Gasteiger partial charge in [0.25, 0.3) is 0 Å². The van der Waals surface area contributed by atoms with Crippen LogP contribution in [0.2, 0.25) is 0 Å². The Hall–Kier alpha value is -0.870. The lowest BCUT2D eigenvalue weighted by molar-refractivity contribution is 0.0382. The van der Waals surface area contributed by atoms with E-state index in [4.69, 9.17) is 0 Å². The maximum atomic E-state index is 10.2. The number of nitrogens with zero attached hydrogens (tertiary/aromatic N) is 2. The maximum Gasteiger partial charge on any atom is 0.0762 e. The number of hydrogen-bond acceptors (Lipinski definition) is 3. The van der Waals surface area contributed by atoms with Crippen LogP contribution < -0.4 is 5.32 Å². The lowest BCUT2D eigenvalue weighted by Crippen LogP contribution is -2.38. The summed E-state index contributed by atoms with van der Waals surface area (Å²) in [6.45, 7) is 11.6. The van der Waals surface area contributed by atoms with Crippen molar-refractivity contribution in [2.24, 2.45) is 5.92 Å². The lowest BCUT2D eigenvalue weighted by Gasteiger charge is -2.25. The summed E-state index contributed by atoms with van der Waals surface area (Å²) >= 11 is 0. The molecule has 18 heavy (non-hydrogen) atoms. The Balaban J connectivity index is 2.36. The van der Waals surface area contributed by atoms with Gasteiger partial charge in [0.05, 0.1) is 11.3 Å². The quantitative estimate of drug-likeness (QED) is 0.784. The van der Waals surface area contributed by atoms with Crippen molar-refractivity contribution in [2.45, 2.75) is 59.2 Å². The van der Waals surface area contributed by atoms with Crippen LogP contribution in [0.5, 0.6) is 0 Å². The van der Waals surface area contributed by atoms with E-state index in [0.29, 0.717) is 25.0 Å². The van der Waals surface area contributed by atoms with Gasteiger partial charge >= 0.3 is 0 Å².